The van der Waals surface area contributed by atoms with Crippen LogP contribution in [0, 0.1) is 13.8 Å². The van der Waals surface area contributed by atoms with E-state index in [2.05, 4.69) is 15.6 Å². The van der Waals surface area contributed by atoms with Gasteiger partial charge in [-0.25, -0.2) is 4.79 Å². The van der Waals surface area contributed by atoms with Gasteiger partial charge in [-0.2, -0.15) is 0 Å². The molecule has 0 aliphatic carbocycles. The molecule has 0 fully saturated rings. The van der Waals surface area contributed by atoms with Crippen molar-refractivity contribution < 1.29 is 19.1 Å². The molecular weight excluding hydrogens is 416 g/mol. The first-order valence-electron chi connectivity index (χ1n) is 9.76. The second-order valence-corrected chi connectivity index (χ2v) is 7.11. The fourth-order valence-electron chi connectivity index (χ4n) is 3.15. The van der Waals surface area contributed by atoms with Crippen molar-refractivity contribution in [2.75, 3.05) is 18.5 Å². The van der Waals surface area contributed by atoms with Crippen LogP contribution in [0.5, 0.6) is 0 Å². The second kappa shape index (κ2) is 9.73. The number of aromatic nitrogens is 2. The number of hydrogen-bond acceptors (Lipinski definition) is 6. The molecule has 10 nitrogen and oxygen atoms in total. The van der Waals surface area contributed by atoms with E-state index in [4.69, 9.17) is 4.74 Å². The van der Waals surface area contributed by atoms with Crippen molar-refractivity contribution in [3.8, 4) is 0 Å². The number of fused-ring (bicyclic) bond motifs is 1. The van der Waals surface area contributed by atoms with E-state index >= 15 is 0 Å². The van der Waals surface area contributed by atoms with Gasteiger partial charge in [0, 0.05) is 5.69 Å². The van der Waals surface area contributed by atoms with Gasteiger partial charge in [-0.15, -0.1) is 0 Å². The number of para-hydroxylation sites is 2. The highest BCUT2D eigenvalue weighted by molar-refractivity contribution is 5.96. The maximum absolute atomic E-state index is 12.1. The zero-order valence-corrected chi connectivity index (χ0v) is 17.6. The van der Waals surface area contributed by atoms with Gasteiger partial charge in [-0.3, -0.25) is 28.7 Å². The molecule has 2 aromatic carbocycles. The van der Waals surface area contributed by atoms with E-state index in [1.54, 1.807) is 12.1 Å². The molecule has 0 atom stereocenters. The molecule has 0 aliphatic rings. The van der Waals surface area contributed by atoms with Crippen molar-refractivity contribution in [3.05, 3.63) is 74.4 Å². The molecular formula is C22H22N4O6. The molecule has 166 valence electrons. The number of hydrogen-bond donors (Lipinski definition) is 3. The summed E-state index contributed by atoms with van der Waals surface area (Å²) in [6.07, 6.45) is 0. The first-order valence-corrected chi connectivity index (χ1v) is 9.76. The summed E-state index contributed by atoms with van der Waals surface area (Å²) in [4.78, 5) is 62.2. The first kappa shape index (κ1) is 22.5. The van der Waals surface area contributed by atoms with Gasteiger partial charge in [0.1, 0.15) is 6.54 Å². The standard InChI is InChI=1S/C22H22N4O6/c1-13-6-5-7-14(2)20(13)24-17(27)10-23-18(28)12-32-19(29)11-26-16-9-4-3-8-15(16)21(30)25-22(26)31/h3-9H,10-12H2,1-2H3,(H,23,28)(H,24,27)(H,25,30,31). The van der Waals surface area contributed by atoms with Crippen molar-refractivity contribution in [2.45, 2.75) is 20.4 Å². The highest BCUT2D eigenvalue weighted by Gasteiger charge is 2.14. The van der Waals surface area contributed by atoms with E-state index in [-0.39, 0.29) is 17.4 Å². The monoisotopic (exact) mass is 438 g/mol. The van der Waals surface area contributed by atoms with Crippen LogP contribution >= 0.6 is 0 Å². The van der Waals surface area contributed by atoms with Crippen LogP contribution in [0.25, 0.3) is 10.9 Å². The summed E-state index contributed by atoms with van der Waals surface area (Å²) in [6.45, 7) is 2.31. The van der Waals surface area contributed by atoms with Gasteiger partial charge in [0.25, 0.3) is 11.5 Å². The number of nitrogens with zero attached hydrogens (tertiary/aromatic N) is 1. The molecule has 3 aromatic rings. The highest BCUT2D eigenvalue weighted by Crippen LogP contribution is 2.18. The largest absolute Gasteiger partial charge is 0.454 e. The van der Waals surface area contributed by atoms with Crippen molar-refractivity contribution in [1.82, 2.24) is 14.9 Å². The Morgan fingerprint density at radius 2 is 1.66 bits per heavy atom. The number of anilines is 1. The van der Waals surface area contributed by atoms with Crippen molar-refractivity contribution >= 4 is 34.4 Å². The number of ether oxygens (including phenoxy) is 1. The number of benzene rings is 2. The van der Waals surface area contributed by atoms with Gasteiger partial charge in [0.05, 0.1) is 17.4 Å². The molecule has 0 saturated carbocycles. The Labute approximate surface area is 182 Å². The summed E-state index contributed by atoms with van der Waals surface area (Å²) in [5, 5.41) is 5.34. The zero-order chi connectivity index (χ0) is 23.3. The molecule has 2 amide bonds. The molecule has 10 heteroatoms. The number of aryl methyl sites for hydroxylation is 2. The van der Waals surface area contributed by atoms with E-state index < -0.39 is 42.2 Å². The fraction of sp³-hybridized carbons (Fsp3) is 0.227. The van der Waals surface area contributed by atoms with E-state index in [9.17, 15) is 24.0 Å². The maximum atomic E-state index is 12.1. The molecule has 3 N–H and O–H groups in total. The molecule has 1 aromatic heterocycles. The molecule has 0 spiro atoms. The molecule has 0 aliphatic heterocycles. The first-order chi connectivity index (χ1) is 15.3. The van der Waals surface area contributed by atoms with Crippen molar-refractivity contribution in [1.29, 1.82) is 0 Å². The van der Waals surface area contributed by atoms with E-state index in [0.717, 1.165) is 15.7 Å². The van der Waals surface area contributed by atoms with Crippen molar-refractivity contribution in [2.24, 2.45) is 0 Å². The SMILES string of the molecule is Cc1cccc(C)c1NC(=O)CNC(=O)COC(=O)Cn1c(=O)[nH]c(=O)c2ccccc21. The quantitative estimate of drug-likeness (QED) is 0.462. The van der Waals surface area contributed by atoms with Crippen LogP contribution < -0.4 is 21.9 Å². The Morgan fingerprint density at radius 1 is 0.969 bits per heavy atom. The summed E-state index contributed by atoms with van der Waals surface area (Å²) in [5.41, 5.74) is 1.40. The lowest BCUT2D eigenvalue weighted by molar-refractivity contribution is -0.149. The van der Waals surface area contributed by atoms with Crippen LogP contribution in [0.4, 0.5) is 5.69 Å². The Hall–Kier alpha value is -4.21. The van der Waals surface area contributed by atoms with Crippen molar-refractivity contribution in [3.63, 3.8) is 0 Å². The Bertz CT molecular complexity index is 1290. The van der Waals surface area contributed by atoms with Gasteiger partial charge in [-0.1, -0.05) is 30.3 Å². The fourth-order valence-corrected chi connectivity index (χ4v) is 3.15. The minimum Gasteiger partial charge on any atom is -0.454 e. The number of rotatable bonds is 7. The Morgan fingerprint density at radius 3 is 2.38 bits per heavy atom. The lowest BCUT2D eigenvalue weighted by Gasteiger charge is -2.12. The normalized spacial score (nSPS) is 10.6. The Balaban J connectivity index is 1.52. The second-order valence-electron chi connectivity index (χ2n) is 7.11. The van der Waals surface area contributed by atoms with Crippen LogP contribution in [0.15, 0.2) is 52.1 Å². The summed E-state index contributed by atoms with van der Waals surface area (Å²) in [6, 6.07) is 11.9. The molecule has 1 heterocycles. The van der Waals surface area contributed by atoms with Gasteiger partial charge >= 0.3 is 11.7 Å². The topological polar surface area (TPSA) is 139 Å². The molecule has 0 unspecified atom stereocenters. The smallest absolute Gasteiger partial charge is 0.329 e. The molecule has 3 rings (SSSR count). The van der Waals surface area contributed by atoms with Gasteiger partial charge in [-0.05, 0) is 37.1 Å². The number of amides is 2. The number of carbonyl (C=O) groups is 3. The summed E-state index contributed by atoms with van der Waals surface area (Å²) >= 11 is 0. The van der Waals surface area contributed by atoms with Crippen LogP contribution in [-0.2, 0) is 25.7 Å². The third-order valence-electron chi connectivity index (χ3n) is 4.75. The molecule has 0 radical (unpaired) electrons. The zero-order valence-electron chi connectivity index (χ0n) is 17.6. The lowest BCUT2D eigenvalue weighted by atomic mass is 10.1. The highest BCUT2D eigenvalue weighted by atomic mass is 16.5. The minimum atomic E-state index is -0.848. The third-order valence-corrected chi connectivity index (χ3v) is 4.75. The predicted molar refractivity (Wildman–Crippen MR) is 117 cm³/mol. The van der Waals surface area contributed by atoms with Crippen LogP contribution in [0.1, 0.15) is 11.1 Å². The average Bonchev–Trinajstić information content (AvgIpc) is 2.76. The Kier molecular flexibility index (Phi) is 6.83. The summed E-state index contributed by atoms with van der Waals surface area (Å²) in [7, 11) is 0. The van der Waals surface area contributed by atoms with E-state index in [1.165, 1.54) is 12.1 Å². The molecule has 32 heavy (non-hydrogen) atoms. The predicted octanol–water partition coefficient (Wildman–Crippen LogP) is 0.605. The number of carbonyl (C=O) groups excluding carboxylic acids is 3. The lowest BCUT2D eigenvalue weighted by Crippen LogP contribution is -2.37. The maximum Gasteiger partial charge on any atom is 0.329 e. The van der Waals surface area contributed by atoms with E-state index in [0.29, 0.717) is 5.69 Å². The third kappa shape index (κ3) is 5.28. The summed E-state index contributed by atoms with van der Waals surface area (Å²) in [5.74, 6) is -1.94. The molecule has 0 saturated heterocycles. The van der Waals surface area contributed by atoms with Crippen LogP contribution in [0.2, 0.25) is 0 Å². The van der Waals surface area contributed by atoms with Crippen LogP contribution in [0.3, 0.4) is 0 Å². The molecule has 0 bridgehead atoms. The van der Waals surface area contributed by atoms with Gasteiger partial charge in [0.15, 0.2) is 6.61 Å². The number of H-pyrrole nitrogens is 1. The number of nitrogens with one attached hydrogen (secondary N) is 3. The van der Waals surface area contributed by atoms with Gasteiger partial charge < -0.3 is 15.4 Å². The van der Waals surface area contributed by atoms with Crippen LogP contribution in [-0.4, -0.2) is 40.5 Å². The van der Waals surface area contributed by atoms with Gasteiger partial charge in [0.2, 0.25) is 5.91 Å². The van der Waals surface area contributed by atoms with E-state index in [1.807, 2.05) is 32.0 Å². The average molecular weight is 438 g/mol. The number of esters is 1. The minimum absolute atomic E-state index is 0.243. The summed E-state index contributed by atoms with van der Waals surface area (Å²) < 4.78 is 5.95. The number of aromatic amines is 1.